The third-order valence-electron chi connectivity index (χ3n) is 3.10. The van der Waals surface area contributed by atoms with Crippen LogP contribution >= 0.6 is 11.3 Å². The standard InChI is InChI=1S/C14H15NS/c1-2-5-13-15-12-9-8-10-6-3-4-7-11(10)14(12)16-13/h3-4,6-7H,2,5,8-9H2,1H3. The minimum absolute atomic E-state index is 1.12. The first-order chi connectivity index (χ1) is 7.88. The Morgan fingerprint density at radius 2 is 2.12 bits per heavy atom. The number of nitrogens with zero attached hydrogens (tertiary/aromatic N) is 1. The van der Waals surface area contributed by atoms with Gasteiger partial charge in [0.15, 0.2) is 0 Å². The number of aromatic nitrogens is 1. The summed E-state index contributed by atoms with van der Waals surface area (Å²) in [5, 5.41) is 1.31. The molecule has 16 heavy (non-hydrogen) atoms. The van der Waals surface area contributed by atoms with Gasteiger partial charge in [0.05, 0.1) is 15.6 Å². The van der Waals surface area contributed by atoms with Crippen molar-refractivity contribution < 1.29 is 0 Å². The molecule has 1 heterocycles. The van der Waals surface area contributed by atoms with Crippen LogP contribution in [0.3, 0.4) is 0 Å². The molecule has 1 aromatic carbocycles. The highest BCUT2D eigenvalue weighted by molar-refractivity contribution is 7.15. The van der Waals surface area contributed by atoms with Crippen molar-refractivity contribution in [3.05, 3.63) is 40.5 Å². The topological polar surface area (TPSA) is 12.9 Å². The lowest BCUT2D eigenvalue weighted by molar-refractivity contribution is 0.866. The van der Waals surface area contributed by atoms with Crippen LogP contribution in [0, 0.1) is 0 Å². The molecular weight excluding hydrogens is 214 g/mol. The zero-order valence-electron chi connectivity index (χ0n) is 9.49. The van der Waals surface area contributed by atoms with Crippen molar-refractivity contribution in [1.29, 1.82) is 0 Å². The van der Waals surface area contributed by atoms with E-state index in [9.17, 15) is 0 Å². The molecular formula is C14H15NS. The van der Waals surface area contributed by atoms with E-state index >= 15 is 0 Å². The van der Waals surface area contributed by atoms with Crippen LogP contribution in [-0.4, -0.2) is 4.98 Å². The second-order valence-electron chi connectivity index (χ2n) is 4.29. The normalized spacial score (nSPS) is 13.3. The highest BCUT2D eigenvalue weighted by Crippen LogP contribution is 2.37. The second kappa shape index (κ2) is 4.02. The predicted octanol–water partition coefficient (Wildman–Crippen LogP) is 3.86. The van der Waals surface area contributed by atoms with Gasteiger partial charge in [-0.05, 0) is 36.8 Å². The van der Waals surface area contributed by atoms with Gasteiger partial charge in [0.2, 0.25) is 0 Å². The quantitative estimate of drug-likeness (QED) is 0.762. The Balaban J connectivity index is 2.09. The van der Waals surface area contributed by atoms with E-state index in [-0.39, 0.29) is 0 Å². The second-order valence-corrected chi connectivity index (χ2v) is 5.37. The fraction of sp³-hybridized carbons (Fsp3) is 0.357. The fourth-order valence-electron chi connectivity index (χ4n) is 2.31. The third kappa shape index (κ3) is 1.57. The van der Waals surface area contributed by atoms with Gasteiger partial charge >= 0.3 is 0 Å². The molecule has 3 rings (SSSR count). The number of thiazole rings is 1. The van der Waals surface area contributed by atoms with Crippen LogP contribution in [0.15, 0.2) is 24.3 Å². The van der Waals surface area contributed by atoms with E-state index in [1.165, 1.54) is 33.1 Å². The minimum atomic E-state index is 1.12. The van der Waals surface area contributed by atoms with Crippen molar-refractivity contribution in [2.24, 2.45) is 0 Å². The molecule has 2 aromatic rings. The largest absolute Gasteiger partial charge is 0.246 e. The first kappa shape index (κ1) is 10.0. The van der Waals surface area contributed by atoms with Crippen molar-refractivity contribution in [3.63, 3.8) is 0 Å². The molecule has 0 saturated heterocycles. The highest BCUT2D eigenvalue weighted by atomic mass is 32.1. The van der Waals surface area contributed by atoms with Crippen LogP contribution < -0.4 is 0 Å². The molecule has 0 spiro atoms. The Labute approximate surface area is 100 Å². The van der Waals surface area contributed by atoms with E-state index in [0.717, 1.165) is 19.3 Å². The zero-order valence-corrected chi connectivity index (χ0v) is 10.3. The van der Waals surface area contributed by atoms with E-state index in [0.29, 0.717) is 0 Å². The highest BCUT2D eigenvalue weighted by Gasteiger charge is 2.19. The van der Waals surface area contributed by atoms with Crippen molar-refractivity contribution in [1.82, 2.24) is 4.98 Å². The van der Waals surface area contributed by atoms with Crippen LogP contribution in [0.1, 0.15) is 29.6 Å². The average Bonchev–Trinajstić information content (AvgIpc) is 2.72. The van der Waals surface area contributed by atoms with Gasteiger partial charge < -0.3 is 0 Å². The first-order valence-electron chi connectivity index (χ1n) is 5.95. The summed E-state index contributed by atoms with van der Waals surface area (Å²) >= 11 is 1.89. The Kier molecular flexibility index (Phi) is 2.52. The molecule has 0 fully saturated rings. The van der Waals surface area contributed by atoms with Gasteiger partial charge in [0.25, 0.3) is 0 Å². The van der Waals surface area contributed by atoms with Gasteiger partial charge in [-0.1, -0.05) is 31.2 Å². The average molecular weight is 229 g/mol. The zero-order chi connectivity index (χ0) is 11.0. The number of benzene rings is 1. The maximum Gasteiger partial charge on any atom is 0.0934 e. The smallest absolute Gasteiger partial charge is 0.0934 e. The lowest BCUT2D eigenvalue weighted by atomic mass is 9.94. The Morgan fingerprint density at radius 1 is 1.25 bits per heavy atom. The molecule has 0 unspecified atom stereocenters. The molecule has 0 aliphatic heterocycles. The summed E-state index contributed by atoms with van der Waals surface area (Å²) in [6.07, 6.45) is 4.58. The molecule has 0 radical (unpaired) electrons. The molecule has 0 atom stereocenters. The molecule has 0 saturated carbocycles. The Bertz CT molecular complexity index is 513. The summed E-state index contributed by atoms with van der Waals surface area (Å²) in [4.78, 5) is 6.18. The van der Waals surface area contributed by atoms with Gasteiger partial charge in [-0.25, -0.2) is 4.98 Å². The van der Waals surface area contributed by atoms with E-state index in [1.54, 1.807) is 0 Å². The molecule has 1 aromatic heterocycles. The van der Waals surface area contributed by atoms with Gasteiger partial charge in [-0.15, -0.1) is 11.3 Å². The van der Waals surface area contributed by atoms with Gasteiger partial charge in [-0.3, -0.25) is 0 Å². The summed E-state index contributed by atoms with van der Waals surface area (Å²) in [6.45, 7) is 2.22. The molecule has 1 nitrogen and oxygen atoms in total. The lowest BCUT2D eigenvalue weighted by Crippen LogP contribution is -2.01. The van der Waals surface area contributed by atoms with Crippen molar-refractivity contribution in [2.75, 3.05) is 0 Å². The molecule has 2 heteroatoms. The van der Waals surface area contributed by atoms with E-state index in [2.05, 4.69) is 31.2 Å². The molecule has 0 N–H and O–H groups in total. The predicted molar refractivity (Wildman–Crippen MR) is 69.0 cm³/mol. The summed E-state index contributed by atoms with van der Waals surface area (Å²) in [5.41, 5.74) is 4.23. The number of hydrogen-bond donors (Lipinski definition) is 0. The lowest BCUT2D eigenvalue weighted by Gasteiger charge is -2.13. The van der Waals surface area contributed by atoms with Crippen LogP contribution in [-0.2, 0) is 19.3 Å². The summed E-state index contributed by atoms with van der Waals surface area (Å²) in [7, 11) is 0. The van der Waals surface area contributed by atoms with E-state index in [4.69, 9.17) is 4.98 Å². The van der Waals surface area contributed by atoms with Crippen molar-refractivity contribution in [2.45, 2.75) is 32.6 Å². The Hall–Kier alpha value is -1.15. The van der Waals surface area contributed by atoms with Crippen LogP contribution in [0.2, 0.25) is 0 Å². The van der Waals surface area contributed by atoms with Crippen molar-refractivity contribution >= 4 is 11.3 Å². The minimum Gasteiger partial charge on any atom is -0.246 e. The first-order valence-corrected chi connectivity index (χ1v) is 6.77. The summed E-state index contributed by atoms with van der Waals surface area (Å²) < 4.78 is 0. The molecule has 0 amide bonds. The van der Waals surface area contributed by atoms with Gasteiger partial charge in [-0.2, -0.15) is 0 Å². The summed E-state index contributed by atoms with van der Waals surface area (Å²) in [5.74, 6) is 0. The number of hydrogen-bond acceptors (Lipinski definition) is 2. The molecule has 1 aliphatic carbocycles. The van der Waals surface area contributed by atoms with Crippen LogP contribution in [0.5, 0.6) is 0 Å². The van der Waals surface area contributed by atoms with E-state index < -0.39 is 0 Å². The SMILES string of the molecule is CCCc1nc2c(s1)-c1ccccc1CC2. The van der Waals surface area contributed by atoms with E-state index in [1.807, 2.05) is 11.3 Å². The number of rotatable bonds is 2. The fourth-order valence-corrected chi connectivity index (χ4v) is 3.59. The van der Waals surface area contributed by atoms with Crippen LogP contribution in [0.25, 0.3) is 10.4 Å². The monoisotopic (exact) mass is 229 g/mol. The maximum atomic E-state index is 4.76. The summed E-state index contributed by atoms with van der Waals surface area (Å²) in [6, 6.07) is 8.75. The maximum absolute atomic E-state index is 4.76. The van der Waals surface area contributed by atoms with Gasteiger partial charge in [0, 0.05) is 0 Å². The number of fused-ring (bicyclic) bond motifs is 3. The van der Waals surface area contributed by atoms with Crippen molar-refractivity contribution in [3.8, 4) is 10.4 Å². The Morgan fingerprint density at radius 3 is 3.00 bits per heavy atom. The molecule has 1 aliphatic rings. The van der Waals surface area contributed by atoms with Crippen LogP contribution in [0.4, 0.5) is 0 Å². The number of aryl methyl sites for hydroxylation is 3. The molecule has 0 bridgehead atoms. The molecule has 82 valence electrons. The van der Waals surface area contributed by atoms with Gasteiger partial charge in [0.1, 0.15) is 0 Å². The third-order valence-corrected chi connectivity index (χ3v) is 4.29.